The number of nitrogens with zero attached hydrogens (tertiary/aromatic N) is 2. The van der Waals surface area contributed by atoms with Gasteiger partial charge in [-0.3, -0.25) is 4.79 Å². The van der Waals surface area contributed by atoms with Crippen molar-refractivity contribution in [2.45, 2.75) is 37.4 Å². The van der Waals surface area contributed by atoms with Gasteiger partial charge < -0.3 is 19.5 Å². The van der Waals surface area contributed by atoms with Crippen molar-refractivity contribution in [3.8, 4) is 5.88 Å². The van der Waals surface area contributed by atoms with Gasteiger partial charge in [-0.25, -0.2) is 4.98 Å². The van der Waals surface area contributed by atoms with Crippen LogP contribution in [0.5, 0.6) is 5.88 Å². The maximum atomic E-state index is 8.36. The molecule has 6 nitrogen and oxygen atoms in total. The zero-order valence-corrected chi connectivity index (χ0v) is 16.1. The van der Waals surface area contributed by atoms with E-state index in [9.17, 15) is 0 Å². The summed E-state index contributed by atoms with van der Waals surface area (Å²) >= 11 is 0. The molecule has 2 aromatic rings. The molecule has 0 saturated carbocycles. The number of benzene rings is 1. The van der Waals surface area contributed by atoms with Crippen LogP contribution in [0.1, 0.15) is 24.8 Å². The summed E-state index contributed by atoms with van der Waals surface area (Å²) in [5.41, 5.74) is 1.37. The van der Waals surface area contributed by atoms with E-state index in [1.54, 1.807) is 6.20 Å². The SMILES string of the molecule is O=CO.c1ccc(CCN2CCC[C@@]3(C[C@@H](Oc4ccccn4)CO3)C2)cc1. The van der Waals surface area contributed by atoms with Gasteiger partial charge in [0.2, 0.25) is 5.88 Å². The molecular formula is C22H28N2O4. The van der Waals surface area contributed by atoms with Crippen LogP contribution in [0, 0.1) is 0 Å². The number of carboxylic acid groups (broad SMARTS) is 1. The molecule has 1 aromatic carbocycles. The molecule has 6 heteroatoms. The second-order valence-electron chi connectivity index (χ2n) is 7.33. The zero-order chi connectivity index (χ0) is 19.7. The number of aromatic nitrogens is 1. The van der Waals surface area contributed by atoms with Crippen LogP contribution in [-0.4, -0.2) is 59.4 Å². The fourth-order valence-electron chi connectivity index (χ4n) is 4.06. The van der Waals surface area contributed by atoms with Crippen LogP contribution in [0.4, 0.5) is 0 Å². The predicted molar refractivity (Wildman–Crippen MR) is 106 cm³/mol. The van der Waals surface area contributed by atoms with Gasteiger partial charge in [-0.05, 0) is 37.4 Å². The Kier molecular flexibility index (Phi) is 7.39. The number of hydrogen-bond acceptors (Lipinski definition) is 5. The summed E-state index contributed by atoms with van der Waals surface area (Å²) in [4.78, 5) is 15.2. The maximum Gasteiger partial charge on any atom is 0.290 e. The van der Waals surface area contributed by atoms with Gasteiger partial charge in [0.1, 0.15) is 6.10 Å². The molecule has 2 aliphatic heterocycles. The van der Waals surface area contributed by atoms with Gasteiger partial charge in [0.05, 0.1) is 12.2 Å². The highest BCUT2D eigenvalue weighted by molar-refractivity contribution is 5.32. The minimum atomic E-state index is -0.250. The van der Waals surface area contributed by atoms with Crippen molar-refractivity contribution in [3.05, 3.63) is 60.3 Å². The Morgan fingerprint density at radius 1 is 1.25 bits per heavy atom. The van der Waals surface area contributed by atoms with E-state index in [2.05, 4.69) is 40.2 Å². The number of rotatable bonds is 5. The van der Waals surface area contributed by atoms with Gasteiger partial charge in [0, 0.05) is 31.8 Å². The summed E-state index contributed by atoms with van der Waals surface area (Å²) in [7, 11) is 0. The number of likely N-dealkylation sites (tertiary alicyclic amines) is 1. The van der Waals surface area contributed by atoms with Crippen LogP contribution in [0.3, 0.4) is 0 Å². The Balaban J connectivity index is 0.000000706. The van der Waals surface area contributed by atoms with E-state index < -0.39 is 0 Å². The first-order valence-corrected chi connectivity index (χ1v) is 9.79. The largest absolute Gasteiger partial charge is 0.483 e. The second kappa shape index (κ2) is 10.2. The Bertz CT molecular complexity index is 713. The van der Waals surface area contributed by atoms with Crippen molar-refractivity contribution in [1.29, 1.82) is 0 Å². The molecule has 28 heavy (non-hydrogen) atoms. The van der Waals surface area contributed by atoms with E-state index in [4.69, 9.17) is 19.4 Å². The molecule has 2 fully saturated rings. The number of piperidine rings is 1. The first-order chi connectivity index (χ1) is 13.7. The number of carbonyl (C=O) groups is 1. The summed E-state index contributed by atoms with van der Waals surface area (Å²) in [5, 5.41) is 6.89. The quantitative estimate of drug-likeness (QED) is 0.799. The fourth-order valence-corrected chi connectivity index (χ4v) is 4.06. The third-order valence-electron chi connectivity index (χ3n) is 5.28. The van der Waals surface area contributed by atoms with Crippen LogP contribution in [0.15, 0.2) is 54.7 Å². The molecule has 150 valence electrons. The molecule has 0 amide bonds. The summed E-state index contributed by atoms with van der Waals surface area (Å²) < 4.78 is 12.3. The van der Waals surface area contributed by atoms with Crippen LogP contribution >= 0.6 is 0 Å². The lowest BCUT2D eigenvalue weighted by molar-refractivity contribution is -0.122. The van der Waals surface area contributed by atoms with Crippen molar-refractivity contribution in [2.75, 3.05) is 26.2 Å². The molecule has 0 radical (unpaired) electrons. The molecule has 1 N–H and O–H groups in total. The van der Waals surface area contributed by atoms with E-state index in [0.29, 0.717) is 12.5 Å². The fraction of sp³-hybridized carbons (Fsp3) is 0.455. The van der Waals surface area contributed by atoms with E-state index in [0.717, 1.165) is 32.4 Å². The van der Waals surface area contributed by atoms with Crippen molar-refractivity contribution in [3.63, 3.8) is 0 Å². The third-order valence-corrected chi connectivity index (χ3v) is 5.28. The first-order valence-electron chi connectivity index (χ1n) is 9.79. The lowest BCUT2D eigenvalue weighted by Gasteiger charge is -2.39. The van der Waals surface area contributed by atoms with E-state index in [-0.39, 0.29) is 18.2 Å². The molecular weight excluding hydrogens is 356 g/mol. The van der Waals surface area contributed by atoms with Gasteiger partial charge in [-0.1, -0.05) is 36.4 Å². The van der Waals surface area contributed by atoms with E-state index >= 15 is 0 Å². The standard InChI is InChI=1S/C21H26N2O2.CH2O2/c1-2-7-18(8-3-1)10-14-23-13-6-11-21(17-23)15-19(16-24-21)25-20-9-4-5-12-22-20;2-1-3/h1-5,7-9,12,19H,6,10-11,13-17H2;1H,(H,2,3)/t19-,21-;/m1./s1. The predicted octanol–water partition coefficient (Wildman–Crippen LogP) is 3.03. The maximum absolute atomic E-state index is 8.36. The number of hydrogen-bond donors (Lipinski definition) is 1. The van der Waals surface area contributed by atoms with Crippen LogP contribution < -0.4 is 4.74 Å². The molecule has 2 aliphatic rings. The summed E-state index contributed by atoms with van der Waals surface area (Å²) in [6.45, 7) is 3.70. The van der Waals surface area contributed by atoms with Gasteiger partial charge >= 0.3 is 0 Å². The highest BCUT2D eigenvalue weighted by atomic mass is 16.6. The van der Waals surface area contributed by atoms with Crippen molar-refractivity contribution < 1.29 is 19.4 Å². The molecule has 1 aromatic heterocycles. The lowest BCUT2D eigenvalue weighted by atomic mass is 9.89. The molecule has 2 atom stereocenters. The molecule has 3 heterocycles. The number of ether oxygens (including phenoxy) is 2. The highest BCUT2D eigenvalue weighted by Gasteiger charge is 2.44. The van der Waals surface area contributed by atoms with Gasteiger partial charge in [-0.2, -0.15) is 0 Å². The molecule has 0 unspecified atom stereocenters. The van der Waals surface area contributed by atoms with E-state index in [1.165, 1.54) is 18.5 Å². The first kappa shape index (κ1) is 20.3. The summed E-state index contributed by atoms with van der Waals surface area (Å²) in [5.74, 6) is 0.699. The second-order valence-corrected chi connectivity index (χ2v) is 7.33. The Morgan fingerprint density at radius 3 is 2.79 bits per heavy atom. The average Bonchev–Trinajstić information content (AvgIpc) is 3.10. The minimum absolute atomic E-state index is 0.0333. The molecule has 0 aliphatic carbocycles. The van der Waals surface area contributed by atoms with Crippen LogP contribution in [0.2, 0.25) is 0 Å². The van der Waals surface area contributed by atoms with Gasteiger partial charge in [0.25, 0.3) is 6.47 Å². The van der Waals surface area contributed by atoms with Gasteiger partial charge in [-0.15, -0.1) is 0 Å². The lowest BCUT2D eigenvalue weighted by Crippen LogP contribution is -2.48. The van der Waals surface area contributed by atoms with Crippen LogP contribution in [-0.2, 0) is 16.0 Å². The Hall–Kier alpha value is -2.44. The smallest absolute Gasteiger partial charge is 0.290 e. The van der Waals surface area contributed by atoms with Crippen molar-refractivity contribution >= 4 is 6.47 Å². The third kappa shape index (κ3) is 5.78. The average molecular weight is 384 g/mol. The molecule has 0 bridgehead atoms. The van der Waals surface area contributed by atoms with Crippen molar-refractivity contribution in [2.24, 2.45) is 0 Å². The molecule has 4 rings (SSSR count). The molecule has 1 spiro atoms. The number of pyridine rings is 1. The Morgan fingerprint density at radius 2 is 2.04 bits per heavy atom. The highest BCUT2D eigenvalue weighted by Crippen LogP contribution is 2.36. The normalized spacial score (nSPS) is 24.4. The van der Waals surface area contributed by atoms with Crippen molar-refractivity contribution in [1.82, 2.24) is 9.88 Å². The summed E-state index contributed by atoms with van der Waals surface area (Å²) in [6, 6.07) is 16.5. The van der Waals surface area contributed by atoms with E-state index in [1.807, 2.05) is 18.2 Å². The van der Waals surface area contributed by atoms with Crippen LogP contribution in [0.25, 0.3) is 0 Å². The topological polar surface area (TPSA) is 71.9 Å². The van der Waals surface area contributed by atoms with Gasteiger partial charge in [0.15, 0.2) is 0 Å². The zero-order valence-electron chi connectivity index (χ0n) is 16.1. The summed E-state index contributed by atoms with van der Waals surface area (Å²) in [6.07, 6.45) is 6.29. The Labute approximate surface area is 166 Å². The monoisotopic (exact) mass is 384 g/mol. The minimum Gasteiger partial charge on any atom is -0.483 e. The molecule has 2 saturated heterocycles.